The number of rotatable bonds is 6. The fraction of sp³-hybridized carbons (Fsp3) is 0.286. The Kier molecular flexibility index (Phi) is 5.27. The third-order valence-electron chi connectivity index (χ3n) is 2.81. The molecule has 0 saturated heterocycles. The van der Waals surface area contributed by atoms with Gasteiger partial charge in [-0.1, -0.05) is 31.5 Å². The average molecular weight is 345 g/mol. The number of benzene rings is 1. The van der Waals surface area contributed by atoms with Crippen LogP contribution in [0.15, 0.2) is 39.9 Å². The van der Waals surface area contributed by atoms with Crippen molar-refractivity contribution < 1.29 is 8.42 Å². The first-order chi connectivity index (χ1) is 9.88. The fourth-order valence-corrected chi connectivity index (χ4v) is 3.74. The Hall–Kier alpha value is -1.08. The fourth-order valence-electron chi connectivity index (χ4n) is 1.69. The van der Waals surface area contributed by atoms with Gasteiger partial charge in [-0.15, -0.1) is 0 Å². The van der Waals surface area contributed by atoms with Gasteiger partial charge in [0.15, 0.2) is 0 Å². The lowest BCUT2D eigenvalue weighted by Crippen LogP contribution is -2.22. The molecule has 2 aromatic rings. The van der Waals surface area contributed by atoms with Gasteiger partial charge in [0, 0.05) is 23.0 Å². The van der Waals surface area contributed by atoms with Crippen LogP contribution in [-0.4, -0.2) is 14.5 Å². The Morgan fingerprint density at radius 1 is 1.29 bits per heavy atom. The van der Waals surface area contributed by atoms with Crippen molar-refractivity contribution in [3.05, 3.63) is 45.6 Å². The second kappa shape index (κ2) is 6.79. The molecule has 0 aliphatic carbocycles. The number of sulfonamides is 1. The minimum absolute atomic E-state index is 0.159. The summed E-state index contributed by atoms with van der Waals surface area (Å²) in [6, 6.07) is 6.83. The van der Waals surface area contributed by atoms with Crippen LogP contribution in [0.4, 0.5) is 5.69 Å². The third-order valence-corrected chi connectivity index (χ3v) is 5.22. The Labute approximate surface area is 134 Å². The molecule has 2 N–H and O–H groups in total. The first-order valence-electron chi connectivity index (χ1n) is 6.45. The van der Waals surface area contributed by atoms with E-state index in [1.165, 1.54) is 17.4 Å². The third kappa shape index (κ3) is 4.44. The van der Waals surface area contributed by atoms with Crippen molar-refractivity contribution in [2.45, 2.75) is 31.3 Å². The molecule has 0 amide bonds. The van der Waals surface area contributed by atoms with Crippen molar-refractivity contribution in [1.82, 2.24) is 5.32 Å². The molecule has 4 nitrogen and oxygen atoms in total. The molecule has 2 rings (SSSR count). The van der Waals surface area contributed by atoms with Gasteiger partial charge in [-0.2, -0.15) is 11.3 Å². The molecule has 0 aliphatic rings. The highest BCUT2D eigenvalue weighted by Gasteiger charge is 2.16. The van der Waals surface area contributed by atoms with Gasteiger partial charge in [0.2, 0.25) is 0 Å². The van der Waals surface area contributed by atoms with Gasteiger partial charge in [-0.05, 0) is 29.1 Å². The zero-order valence-electron chi connectivity index (χ0n) is 11.8. The van der Waals surface area contributed by atoms with E-state index in [0.29, 0.717) is 23.3 Å². The minimum Gasteiger partial charge on any atom is -0.310 e. The minimum atomic E-state index is -3.60. The van der Waals surface area contributed by atoms with E-state index in [0.717, 1.165) is 5.56 Å². The second-order valence-corrected chi connectivity index (χ2v) is 7.78. The van der Waals surface area contributed by atoms with E-state index in [1.807, 2.05) is 19.2 Å². The second-order valence-electron chi connectivity index (χ2n) is 4.91. The molecular weight excluding hydrogens is 328 g/mol. The summed E-state index contributed by atoms with van der Waals surface area (Å²) in [7, 11) is -3.60. The lowest BCUT2D eigenvalue weighted by molar-refractivity contribution is 0.588. The number of thiophene rings is 1. The summed E-state index contributed by atoms with van der Waals surface area (Å²) in [6.07, 6.45) is 0. The zero-order chi connectivity index (χ0) is 15.5. The first kappa shape index (κ1) is 16.3. The van der Waals surface area contributed by atoms with Gasteiger partial charge in [0.1, 0.15) is 0 Å². The number of nitrogens with one attached hydrogen (secondary N) is 2. The predicted molar refractivity (Wildman–Crippen MR) is 88.6 cm³/mol. The van der Waals surface area contributed by atoms with E-state index in [4.69, 9.17) is 11.6 Å². The summed E-state index contributed by atoms with van der Waals surface area (Å²) in [6.45, 7) is 4.68. The molecule has 1 heterocycles. The van der Waals surface area contributed by atoms with Gasteiger partial charge in [0.25, 0.3) is 10.0 Å². The maximum atomic E-state index is 12.2. The van der Waals surface area contributed by atoms with Gasteiger partial charge >= 0.3 is 0 Å². The Balaban J connectivity index is 2.19. The van der Waals surface area contributed by atoms with Gasteiger partial charge in [-0.25, -0.2) is 8.42 Å². The molecule has 0 atom stereocenters. The molecule has 0 bridgehead atoms. The van der Waals surface area contributed by atoms with Crippen LogP contribution in [-0.2, 0) is 16.6 Å². The molecule has 0 spiro atoms. The van der Waals surface area contributed by atoms with Crippen molar-refractivity contribution >= 4 is 38.6 Å². The molecule has 0 unspecified atom stereocenters. The molecule has 1 aromatic carbocycles. The largest absolute Gasteiger partial charge is 0.310 e. The van der Waals surface area contributed by atoms with Crippen molar-refractivity contribution in [3.63, 3.8) is 0 Å². The normalized spacial score (nSPS) is 11.8. The van der Waals surface area contributed by atoms with E-state index in [-0.39, 0.29) is 4.90 Å². The van der Waals surface area contributed by atoms with Crippen LogP contribution in [0.25, 0.3) is 0 Å². The molecule has 114 valence electrons. The maximum Gasteiger partial charge on any atom is 0.261 e. The van der Waals surface area contributed by atoms with Crippen LogP contribution in [0.2, 0.25) is 5.02 Å². The van der Waals surface area contributed by atoms with Gasteiger partial charge in [0.05, 0.1) is 10.6 Å². The Morgan fingerprint density at radius 3 is 2.62 bits per heavy atom. The highest BCUT2D eigenvalue weighted by molar-refractivity contribution is 7.92. The molecule has 0 aliphatic heterocycles. The highest BCUT2D eigenvalue weighted by Crippen LogP contribution is 2.23. The molecule has 1 aromatic heterocycles. The molecule has 0 fully saturated rings. The number of hydrogen-bond donors (Lipinski definition) is 2. The molecule has 0 saturated carbocycles. The van der Waals surface area contributed by atoms with E-state index < -0.39 is 10.0 Å². The van der Waals surface area contributed by atoms with Crippen molar-refractivity contribution in [1.29, 1.82) is 0 Å². The lowest BCUT2D eigenvalue weighted by Gasteiger charge is -2.11. The summed E-state index contributed by atoms with van der Waals surface area (Å²) in [5.41, 5.74) is 1.43. The Morgan fingerprint density at radius 2 is 2.05 bits per heavy atom. The quantitative estimate of drug-likeness (QED) is 0.840. The van der Waals surface area contributed by atoms with Gasteiger partial charge < -0.3 is 5.32 Å². The van der Waals surface area contributed by atoms with Gasteiger partial charge in [-0.3, -0.25) is 4.72 Å². The van der Waals surface area contributed by atoms with E-state index >= 15 is 0 Å². The van der Waals surface area contributed by atoms with Crippen LogP contribution < -0.4 is 10.0 Å². The van der Waals surface area contributed by atoms with Crippen LogP contribution in [0.3, 0.4) is 0 Å². The summed E-state index contributed by atoms with van der Waals surface area (Å²) < 4.78 is 27.0. The SMILES string of the molecule is CC(C)NCc1ccc(S(=O)(=O)Nc2ccsc2)cc1Cl. The van der Waals surface area contributed by atoms with E-state index in [2.05, 4.69) is 10.0 Å². The topological polar surface area (TPSA) is 58.2 Å². The number of hydrogen-bond acceptors (Lipinski definition) is 4. The zero-order valence-corrected chi connectivity index (χ0v) is 14.1. The van der Waals surface area contributed by atoms with Crippen molar-refractivity contribution in [3.8, 4) is 0 Å². The van der Waals surface area contributed by atoms with Crippen LogP contribution in [0.1, 0.15) is 19.4 Å². The lowest BCUT2D eigenvalue weighted by atomic mass is 10.2. The van der Waals surface area contributed by atoms with Crippen LogP contribution in [0, 0.1) is 0 Å². The number of halogens is 1. The predicted octanol–water partition coefficient (Wildman–Crippen LogP) is 3.70. The smallest absolute Gasteiger partial charge is 0.261 e. The summed E-state index contributed by atoms with van der Waals surface area (Å²) in [5, 5.41) is 7.24. The molecular formula is C14H17ClN2O2S2. The van der Waals surface area contributed by atoms with Crippen LogP contribution >= 0.6 is 22.9 Å². The average Bonchev–Trinajstić information content (AvgIpc) is 2.89. The monoisotopic (exact) mass is 344 g/mol. The van der Waals surface area contributed by atoms with Crippen molar-refractivity contribution in [2.75, 3.05) is 4.72 Å². The Bertz CT molecular complexity index is 698. The summed E-state index contributed by atoms with van der Waals surface area (Å²) in [4.78, 5) is 0.159. The molecule has 7 heteroatoms. The summed E-state index contributed by atoms with van der Waals surface area (Å²) in [5.74, 6) is 0. The standard InChI is InChI=1S/C14H17ClN2O2S2/c1-10(2)16-8-11-3-4-13(7-14(11)15)21(18,19)17-12-5-6-20-9-12/h3-7,9-10,16-17H,8H2,1-2H3. The first-order valence-corrected chi connectivity index (χ1v) is 9.26. The maximum absolute atomic E-state index is 12.2. The highest BCUT2D eigenvalue weighted by atomic mass is 35.5. The van der Waals surface area contributed by atoms with E-state index in [9.17, 15) is 8.42 Å². The number of anilines is 1. The van der Waals surface area contributed by atoms with E-state index in [1.54, 1.807) is 23.6 Å². The molecule has 0 radical (unpaired) electrons. The molecule has 21 heavy (non-hydrogen) atoms. The van der Waals surface area contributed by atoms with Crippen molar-refractivity contribution in [2.24, 2.45) is 0 Å². The van der Waals surface area contributed by atoms with Crippen LogP contribution in [0.5, 0.6) is 0 Å². The summed E-state index contributed by atoms with van der Waals surface area (Å²) >= 11 is 7.60.